The van der Waals surface area contributed by atoms with E-state index in [0.717, 1.165) is 12.5 Å². The minimum absolute atomic E-state index is 0.258. The second kappa shape index (κ2) is 7.06. The summed E-state index contributed by atoms with van der Waals surface area (Å²) in [6, 6.07) is 0. The van der Waals surface area contributed by atoms with Crippen molar-refractivity contribution in [3.05, 3.63) is 23.7 Å². The molecule has 0 spiro atoms. The third-order valence-corrected chi connectivity index (χ3v) is 1.13. The highest BCUT2D eigenvalue weighted by molar-refractivity contribution is 5.61. The van der Waals surface area contributed by atoms with Crippen LogP contribution in [-0.2, 0) is 9.47 Å². The molecule has 5 heteroatoms. The van der Waals surface area contributed by atoms with Gasteiger partial charge in [-0.05, 0) is 25.0 Å². The van der Waals surface area contributed by atoms with Gasteiger partial charge in [0, 0.05) is 0 Å². The molecule has 0 saturated carbocycles. The maximum absolute atomic E-state index is 11.8. The van der Waals surface area contributed by atoms with Crippen LogP contribution in [0.5, 0.6) is 0 Å². The standard InChI is InChI=1S/C9H12F2O3/c1-7(3-10)5-13-9(12)14-6-8(2)4-11/h5-6H,3-4H2,1-2H3. The van der Waals surface area contributed by atoms with Gasteiger partial charge in [0.05, 0.1) is 12.5 Å². The molecular weight excluding hydrogens is 194 g/mol. The summed E-state index contributed by atoms with van der Waals surface area (Å²) in [5.41, 5.74) is 0.515. The fourth-order valence-corrected chi connectivity index (χ4v) is 0.388. The molecule has 0 rings (SSSR count). The Labute approximate surface area is 81.0 Å². The first-order chi connectivity index (χ1) is 6.60. The molecule has 0 bridgehead atoms. The molecule has 0 atom stereocenters. The molecule has 0 fully saturated rings. The predicted octanol–water partition coefficient (Wildman–Crippen LogP) is 2.89. The Morgan fingerprint density at radius 2 is 1.43 bits per heavy atom. The van der Waals surface area contributed by atoms with Crippen LogP contribution in [0.15, 0.2) is 23.7 Å². The highest BCUT2D eigenvalue weighted by Gasteiger charge is 2.00. The van der Waals surface area contributed by atoms with Gasteiger partial charge in [0.25, 0.3) is 0 Å². The van der Waals surface area contributed by atoms with Crippen molar-refractivity contribution in [1.29, 1.82) is 0 Å². The summed E-state index contributed by atoms with van der Waals surface area (Å²) in [6.07, 6.45) is 0.868. The Morgan fingerprint density at radius 3 is 1.71 bits per heavy atom. The van der Waals surface area contributed by atoms with Gasteiger partial charge in [0.2, 0.25) is 0 Å². The average molecular weight is 206 g/mol. The summed E-state index contributed by atoms with van der Waals surface area (Å²) in [6.45, 7) is 1.51. The first-order valence-corrected chi connectivity index (χ1v) is 3.90. The Morgan fingerprint density at radius 1 is 1.07 bits per heavy atom. The van der Waals surface area contributed by atoms with E-state index in [1.165, 1.54) is 13.8 Å². The molecule has 0 aromatic heterocycles. The lowest BCUT2D eigenvalue weighted by Gasteiger charge is -1.98. The number of carbonyl (C=O) groups excluding carboxylic acids is 1. The van der Waals surface area contributed by atoms with E-state index in [4.69, 9.17) is 0 Å². The summed E-state index contributed by atoms with van der Waals surface area (Å²) in [5.74, 6) is 0. The zero-order chi connectivity index (χ0) is 11.0. The number of alkyl halides is 2. The first kappa shape index (κ1) is 12.6. The van der Waals surface area contributed by atoms with Gasteiger partial charge in [-0.3, -0.25) is 0 Å². The van der Waals surface area contributed by atoms with Crippen molar-refractivity contribution in [2.45, 2.75) is 13.8 Å². The average Bonchev–Trinajstić information content (AvgIpc) is 2.22. The minimum atomic E-state index is -1.02. The van der Waals surface area contributed by atoms with Crippen molar-refractivity contribution in [3.8, 4) is 0 Å². The number of carbonyl (C=O) groups is 1. The van der Waals surface area contributed by atoms with Gasteiger partial charge in [0.15, 0.2) is 0 Å². The van der Waals surface area contributed by atoms with Crippen molar-refractivity contribution in [2.24, 2.45) is 0 Å². The highest BCUT2D eigenvalue weighted by Crippen LogP contribution is 1.98. The van der Waals surface area contributed by atoms with Crippen LogP contribution in [0.3, 0.4) is 0 Å². The molecule has 0 amide bonds. The maximum atomic E-state index is 11.8. The molecule has 0 unspecified atom stereocenters. The molecule has 0 N–H and O–H groups in total. The van der Waals surface area contributed by atoms with E-state index in [2.05, 4.69) is 9.47 Å². The van der Waals surface area contributed by atoms with Crippen molar-refractivity contribution in [2.75, 3.05) is 13.3 Å². The fraction of sp³-hybridized carbons (Fsp3) is 0.444. The van der Waals surface area contributed by atoms with E-state index in [1.807, 2.05) is 0 Å². The van der Waals surface area contributed by atoms with Crippen LogP contribution in [0, 0.1) is 0 Å². The van der Waals surface area contributed by atoms with E-state index in [9.17, 15) is 13.6 Å². The summed E-state index contributed by atoms with van der Waals surface area (Å²) in [5, 5.41) is 0. The van der Waals surface area contributed by atoms with Crippen LogP contribution < -0.4 is 0 Å². The second-order valence-electron chi connectivity index (χ2n) is 2.68. The number of ether oxygens (including phenoxy) is 2. The van der Waals surface area contributed by atoms with Gasteiger partial charge in [-0.2, -0.15) is 0 Å². The van der Waals surface area contributed by atoms with Gasteiger partial charge in [-0.25, -0.2) is 13.6 Å². The minimum Gasteiger partial charge on any atom is -0.403 e. The summed E-state index contributed by atoms with van der Waals surface area (Å²) in [4.78, 5) is 10.7. The van der Waals surface area contributed by atoms with Crippen LogP contribution >= 0.6 is 0 Å². The molecule has 0 aliphatic rings. The predicted molar refractivity (Wildman–Crippen MR) is 47.0 cm³/mol. The largest absolute Gasteiger partial charge is 0.518 e. The molecule has 0 radical (unpaired) electrons. The van der Waals surface area contributed by atoms with Crippen LogP contribution in [0.1, 0.15) is 13.8 Å². The smallest absolute Gasteiger partial charge is 0.403 e. The van der Waals surface area contributed by atoms with Gasteiger partial charge >= 0.3 is 6.16 Å². The van der Waals surface area contributed by atoms with Gasteiger partial charge in [-0.15, -0.1) is 0 Å². The molecule has 3 nitrogen and oxygen atoms in total. The molecule has 0 aromatic rings. The zero-order valence-corrected chi connectivity index (χ0v) is 8.05. The zero-order valence-electron chi connectivity index (χ0n) is 8.05. The Hall–Kier alpha value is -1.39. The lowest BCUT2D eigenvalue weighted by molar-refractivity contribution is 0.118. The van der Waals surface area contributed by atoms with Crippen LogP contribution in [0.25, 0.3) is 0 Å². The normalized spacial score (nSPS) is 12.6. The molecule has 0 aliphatic carbocycles. The molecule has 0 saturated heterocycles. The lowest BCUT2D eigenvalue weighted by atomic mass is 10.4. The second-order valence-corrected chi connectivity index (χ2v) is 2.68. The van der Waals surface area contributed by atoms with Gasteiger partial charge in [-0.1, -0.05) is 0 Å². The summed E-state index contributed by atoms with van der Waals surface area (Å²) in [7, 11) is 0. The highest BCUT2D eigenvalue weighted by atomic mass is 19.1. The Kier molecular flexibility index (Phi) is 6.36. The topological polar surface area (TPSA) is 35.5 Å². The van der Waals surface area contributed by atoms with Crippen LogP contribution in [-0.4, -0.2) is 19.5 Å². The third-order valence-electron chi connectivity index (χ3n) is 1.13. The number of halogens is 2. The van der Waals surface area contributed by atoms with Crippen molar-refractivity contribution in [1.82, 2.24) is 0 Å². The SMILES string of the molecule is CC(=COC(=O)OC=C(C)CF)CF. The number of rotatable bonds is 4. The van der Waals surface area contributed by atoms with E-state index in [0.29, 0.717) is 0 Å². The number of hydrogen-bond acceptors (Lipinski definition) is 3. The van der Waals surface area contributed by atoms with Gasteiger partial charge < -0.3 is 9.47 Å². The number of hydrogen-bond donors (Lipinski definition) is 0. The molecule has 80 valence electrons. The molecule has 0 heterocycles. The Balaban J connectivity index is 3.88. The molecule has 0 aromatic carbocycles. The molecule has 14 heavy (non-hydrogen) atoms. The van der Waals surface area contributed by atoms with Crippen LogP contribution in [0.4, 0.5) is 13.6 Å². The maximum Gasteiger partial charge on any atom is 0.518 e. The van der Waals surface area contributed by atoms with Gasteiger partial charge in [0.1, 0.15) is 13.3 Å². The first-order valence-electron chi connectivity index (χ1n) is 3.90. The molecular formula is C9H12F2O3. The van der Waals surface area contributed by atoms with Crippen molar-refractivity contribution in [3.63, 3.8) is 0 Å². The Bertz CT molecular complexity index is 222. The summed E-state index contributed by atoms with van der Waals surface area (Å²) < 4.78 is 32.4. The summed E-state index contributed by atoms with van der Waals surface area (Å²) >= 11 is 0. The van der Waals surface area contributed by atoms with E-state index in [-0.39, 0.29) is 11.1 Å². The third kappa shape index (κ3) is 6.16. The quantitative estimate of drug-likeness (QED) is 0.524. The van der Waals surface area contributed by atoms with E-state index in [1.54, 1.807) is 0 Å². The molecule has 0 aliphatic heterocycles. The van der Waals surface area contributed by atoms with E-state index < -0.39 is 19.5 Å². The van der Waals surface area contributed by atoms with E-state index >= 15 is 0 Å². The lowest BCUT2D eigenvalue weighted by Crippen LogP contribution is -2.00. The fourth-order valence-electron chi connectivity index (χ4n) is 0.388. The van der Waals surface area contributed by atoms with Crippen molar-refractivity contribution < 1.29 is 23.0 Å². The number of allylic oxidation sites excluding steroid dienone is 2. The van der Waals surface area contributed by atoms with Crippen molar-refractivity contribution >= 4 is 6.16 Å². The van der Waals surface area contributed by atoms with Crippen LogP contribution in [0.2, 0.25) is 0 Å². The monoisotopic (exact) mass is 206 g/mol.